The van der Waals surface area contributed by atoms with Crippen molar-refractivity contribution in [1.29, 1.82) is 0 Å². The van der Waals surface area contributed by atoms with Gasteiger partial charge in [0.25, 0.3) is 0 Å². The molecule has 6 heteroatoms. The van der Waals surface area contributed by atoms with Crippen LogP contribution in [0, 0.1) is 6.92 Å². The number of aryl methyl sites for hydroxylation is 1. The third kappa shape index (κ3) is 4.41. The highest BCUT2D eigenvalue weighted by Crippen LogP contribution is 2.30. The first-order chi connectivity index (χ1) is 10.9. The van der Waals surface area contributed by atoms with Crippen LogP contribution in [0.25, 0.3) is 10.9 Å². The topological polar surface area (TPSA) is 26.2 Å². The van der Waals surface area contributed by atoms with Crippen molar-refractivity contribution in [2.24, 2.45) is 0 Å². The number of nitrogens with one attached hydrogen (secondary N) is 1. The fourth-order valence-corrected chi connectivity index (χ4v) is 2.79. The molecule has 0 amide bonds. The van der Waals surface area contributed by atoms with Crippen molar-refractivity contribution in [3.63, 3.8) is 0 Å². The molecule has 1 aromatic carbocycles. The molecule has 1 heterocycles. The Balaban J connectivity index is 2.33. The number of anilines is 1. The molecule has 0 aliphatic heterocycles. The number of methoxy groups -OCH3 is 1. The van der Waals surface area contributed by atoms with Gasteiger partial charge in [-0.15, -0.1) is 0 Å². The van der Waals surface area contributed by atoms with Crippen LogP contribution in [0.5, 0.6) is 0 Å². The molecule has 2 aromatic rings. The van der Waals surface area contributed by atoms with Crippen molar-refractivity contribution in [2.75, 3.05) is 19.0 Å². The number of halogens is 3. The molecule has 0 aliphatic carbocycles. The number of alkyl halides is 3. The van der Waals surface area contributed by atoms with Crippen LogP contribution < -0.4 is 5.32 Å². The molecule has 23 heavy (non-hydrogen) atoms. The highest BCUT2D eigenvalue weighted by Gasteiger charge is 2.29. The van der Waals surface area contributed by atoms with Crippen molar-refractivity contribution in [1.82, 2.24) is 4.57 Å². The summed E-state index contributed by atoms with van der Waals surface area (Å²) in [6.07, 6.45) is -2.46. The van der Waals surface area contributed by atoms with Gasteiger partial charge in [0.2, 0.25) is 0 Å². The predicted octanol–water partition coefficient (Wildman–Crippen LogP) is 4.74. The minimum Gasteiger partial charge on any atom is -0.385 e. The van der Waals surface area contributed by atoms with Crippen LogP contribution in [0.4, 0.5) is 18.9 Å². The largest absolute Gasteiger partial charge is 0.406 e. The Labute approximate surface area is 134 Å². The fraction of sp³-hybridized carbons (Fsp3) is 0.529. The molecular formula is C17H23F3N2O. The fourth-order valence-electron chi connectivity index (χ4n) is 2.79. The normalized spacial score (nSPS) is 13.5. The van der Waals surface area contributed by atoms with E-state index in [4.69, 9.17) is 4.74 Å². The summed E-state index contributed by atoms with van der Waals surface area (Å²) in [7, 11) is 1.66. The number of nitrogens with zero attached hydrogens (tertiary/aromatic N) is 1. The molecule has 1 unspecified atom stereocenters. The van der Waals surface area contributed by atoms with Crippen molar-refractivity contribution in [2.45, 2.75) is 45.5 Å². The molecule has 3 nitrogen and oxygen atoms in total. The lowest BCUT2D eigenvalue weighted by atomic mass is 10.1. The molecule has 1 aromatic heterocycles. The van der Waals surface area contributed by atoms with E-state index < -0.39 is 12.7 Å². The molecule has 0 bridgehead atoms. The molecule has 0 spiro atoms. The van der Waals surface area contributed by atoms with E-state index in [1.54, 1.807) is 26.2 Å². The second-order valence-corrected chi connectivity index (χ2v) is 5.76. The van der Waals surface area contributed by atoms with Gasteiger partial charge < -0.3 is 14.6 Å². The molecule has 1 N–H and O–H groups in total. The molecule has 1 atom stereocenters. The third-order valence-corrected chi connectivity index (χ3v) is 4.01. The lowest BCUT2D eigenvalue weighted by molar-refractivity contribution is -0.140. The van der Waals surface area contributed by atoms with Gasteiger partial charge in [0.05, 0.1) is 5.52 Å². The van der Waals surface area contributed by atoms with Crippen molar-refractivity contribution >= 4 is 16.6 Å². The maximum absolute atomic E-state index is 12.8. The molecule has 0 radical (unpaired) electrons. The minimum atomic E-state index is -4.23. The van der Waals surface area contributed by atoms with Gasteiger partial charge >= 0.3 is 6.18 Å². The van der Waals surface area contributed by atoms with E-state index in [-0.39, 0.29) is 6.04 Å². The van der Waals surface area contributed by atoms with E-state index in [0.29, 0.717) is 17.8 Å². The SMILES string of the molecule is CCC(CCOC)Nc1cccc2c1cc(C)n2CC(F)(F)F. The summed E-state index contributed by atoms with van der Waals surface area (Å²) in [5.41, 5.74) is 2.08. The first-order valence-electron chi connectivity index (χ1n) is 7.76. The smallest absolute Gasteiger partial charge is 0.385 e. The predicted molar refractivity (Wildman–Crippen MR) is 86.9 cm³/mol. The zero-order chi connectivity index (χ0) is 17.0. The van der Waals surface area contributed by atoms with Crippen LogP contribution in [-0.2, 0) is 11.3 Å². The molecule has 0 aliphatic rings. The van der Waals surface area contributed by atoms with Gasteiger partial charge in [0, 0.05) is 36.5 Å². The van der Waals surface area contributed by atoms with Crippen molar-refractivity contribution in [3.8, 4) is 0 Å². The number of rotatable bonds is 7. The van der Waals surface area contributed by atoms with Crippen LogP contribution in [0.2, 0.25) is 0 Å². The zero-order valence-electron chi connectivity index (χ0n) is 13.7. The van der Waals surface area contributed by atoms with Gasteiger partial charge in [-0.3, -0.25) is 0 Å². The minimum absolute atomic E-state index is 0.229. The van der Waals surface area contributed by atoms with E-state index in [9.17, 15) is 13.2 Å². The maximum Gasteiger partial charge on any atom is 0.406 e. The zero-order valence-corrected chi connectivity index (χ0v) is 13.7. The molecule has 0 fully saturated rings. The summed E-state index contributed by atoms with van der Waals surface area (Å²) < 4.78 is 44.8. The lowest BCUT2D eigenvalue weighted by Crippen LogP contribution is -2.20. The Morgan fingerprint density at radius 2 is 2.04 bits per heavy atom. The summed E-state index contributed by atoms with van der Waals surface area (Å²) in [6, 6.07) is 7.48. The van der Waals surface area contributed by atoms with Crippen LogP contribution >= 0.6 is 0 Å². The average Bonchev–Trinajstić information content (AvgIpc) is 2.79. The van der Waals surface area contributed by atoms with Crippen molar-refractivity contribution in [3.05, 3.63) is 30.0 Å². The second kappa shape index (κ2) is 7.25. The van der Waals surface area contributed by atoms with Crippen LogP contribution in [-0.4, -0.2) is 30.5 Å². The van der Waals surface area contributed by atoms with Gasteiger partial charge in [-0.05, 0) is 38.0 Å². The summed E-state index contributed by atoms with van der Waals surface area (Å²) >= 11 is 0. The Bertz CT molecular complexity index is 649. The first-order valence-corrected chi connectivity index (χ1v) is 7.76. The van der Waals surface area contributed by atoms with Gasteiger partial charge in [0.1, 0.15) is 6.54 Å². The highest BCUT2D eigenvalue weighted by atomic mass is 19.4. The summed E-state index contributed by atoms with van der Waals surface area (Å²) in [5, 5.41) is 4.26. The van der Waals surface area contributed by atoms with E-state index >= 15 is 0 Å². The highest BCUT2D eigenvalue weighted by molar-refractivity contribution is 5.93. The quantitative estimate of drug-likeness (QED) is 0.794. The van der Waals surface area contributed by atoms with E-state index in [0.717, 1.165) is 23.9 Å². The number of hydrogen-bond acceptors (Lipinski definition) is 2. The first kappa shape index (κ1) is 17.7. The Kier molecular flexibility index (Phi) is 5.57. The molecule has 128 valence electrons. The second-order valence-electron chi connectivity index (χ2n) is 5.76. The molecular weight excluding hydrogens is 305 g/mol. The Morgan fingerprint density at radius 3 is 2.65 bits per heavy atom. The average molecular weight is 328 g/mol. The summed E-state index contributed by atoms with van der Waals surface area (Å²) in [4.78, 5) is 0. The maximum atomic E-state index is 12.8. The Morgan fingerprint density at radius 1 is 1.30 bits per heavy atom. The molecule has 0 saturated heterocycles. The monoisotopic (exact) mass is 328 g/mol. The Hall–Kier alpha value is -1.69. The van der Waals surface area contributed by atoms with Gasteiger partial charge in [0.15, 0.2) is 0 Å². The molecule has 0 saturated carbocycles. The third-order valence-electron chi connectivity index (χ3n) is 4.01. The summed E-state index contributed by atoms with van der Waals surface area (Å²) in [6.45, 7) is 3.47. The van der Waals surface area contributed by atoms with E-state index in [2.05, 4.69) is 12.2 Å². The van der Waals surface area contributed by atoms with Crippen LogP contribution in [0.3, 0.4) is 0 Å². The van der Waals surface area contributed by atoms with Gasteiger partial charge in [-0.2, -0.15) is 13.2 Å². The lowest BCUT2D eigenvalue weighted by Gasteiger charge is -2.19. The van der Waals surface area contributed by atoms with Crippen LogP contribution in [0.1, 0.15) is 25.5 Å². The number of hydrogen-bond donors (Lipinski definition) is 1. The van der Waals surface area contributed by atoms with E-state index in [1.165, 1.54) is 4.57 Å². The number of aromatic nitrogens is 1. The van der Waals surface area contributed by atoms with E-state index in [1.807, 2.05) is 12.1 Å². The number of benzene rings is 1. The standard InChI is InChI=1S/C17H23F3N2O/c1-4-13(8-9-23-3)21-15-6-5-7-16-14(15)10-12(2)22(16)11-17(18,19)20/h5-7,10,13,21H,4,8-9,11H2,1-3H3. The van der Waals surface area contributed by atoms with Gasteiger partial charge in [-0.25, -0.2) is 0 Å². The van der Waals surface area contributed by atoms with Crippen molar-refractivity contribution < 1.29 is 17.9 Å². The van der Waals surface area contributed by atoms with Gasteiger partial charge in [-0.1, -0.05) is 13.0 Å². The number of ether oxygens (including phenoxy) is 1. The summed E-state index contributed by atoms with van der Waals surface area (Å²) in [5.74, 6) is 0. The molecule has 2 rings (SSSR count). The number of fused-ring (bicyclic) bond motifs is 1. The van der Waals surface area contributed by atoms with Crippen LogP contribution in [0.15, 0.2) is 24.3 Å².